The summed E-state index contributed by atoms with van der Waals surface area (Å²) in [6.45, 7) is 3.26. The van der Waals surface area contributed by atoms with E-state index < -0.39 is 77.4 Å². The molecule has 0 amide bonds. The summed E-state index contributed by atoms with van der Waals surface area (Å²) in [5.74, 6) is -0.641. The summed E-state index contributed by atoms with van der Waals surface area (Å²) in [6.07, 6.45) is -1.14. The van der Waals surface area contributed by atoms with Gasteiger partial charge < -0.3 is 20.7 Å². The Bertz CT molecular complexity index is 2480. The van der Waals surface area contributed by atoms with Gasteiger partial charge in [-0.2, -0.15) is 44.6 Å². The van der Waals surface area contributed by atoms with Crippen LogP contribution < -0.4 is 16.0 Å². The summed E-state index contributed by atoms with van der Waals surface area (Å²) in [5, 5.41) is 16.1. The smallest absolute Gasteiger partial charge is 0.315 e. The molecular weight excluding hydrogens is 764 g/mol. The summed E-state index contributed by atoms with van der Waals surface area (Å²) in [6, 6.07) is 6.89. The minimum atomic E-state index is -5.15. The molecule has 0 unspecified atom stereocenters. The molecule has 0 atom stereocenters. The molecule has 1 aromatic heterocycles. The maximum Gasteiger partial charge on any atom is 0.315 e. The van der Waals surface area contributed by atoms with Gasteiger partial charge >= 0.3 is 6.08 Å². The number of ether oxygens (including phenoxy) is 1. The lowest BCUT2D eigenvalue weighted by Crippen LogP contribution is -2.16. The van der Waals surface area contributed by atoms with Gasteiger partial charge in [-0.1, -0.05) is 6.58 Å². The maximum atomic E-state index is 14.1. The van der Waals surface area contributed by atoms with Crippen molar-refractivity contribution >= 4 is 85.6 Å². The van der Waals surface area contributed by atoms with Gasteiger partial charge in [0.2, 0.25) is 11.9 Å². The number of anilines is 4. The molecule has 25 heteroatoms. The largest absolute Gasteiger partial charge is 0.386 e. The molecule has 0 saturated heterocycles. The third kappa shape index (κ3) is 10.4. The monoisotopic (exact) mass is 790 g/mol. The van der Waals surface area contributed by atoms with Gasteiger partial charge in [0.15, 0.2) is 9.84 Å². The highest BCUT2D eigenvalue weighted by atomic mass is 32.2. The van der Waals surface area contributed by atoms with E-state index >= 15 is 0 Å². The number of fused-ring (bicyclic) bond motifs is 1. The number of sulfone groups is 1. The minimum absolute atomic E-state index is 0.0475. The highest BCUT2D eigenvalue weighted by Crippen LogP contribution is 2.37. The summed E-state index contributed by atoms with van der Waals surface area (Å²) < 4.78 is 143. The molecule has 274 valence electrons. The molecule has 0 saturated carbocycles. The molecule has 0 fully saturated rings. The minimum Gasteiger partial charge on any atom is -0.386 e. The van der Waals surface area contributed by atoms with Crippen molar-refractivity contribution in [2.45, 2.75) is 14.7 Å². The molecule has 0 bridgehead atoms. The van der Waals surface area contributed by atoms with Crippen molar-refractivity contribution in [2.75, 3.05) is 48.5 Å². The lowest BCUT2D eigenvalue weighted by Gasteiger charge is -2.11. The molecule has 4 aromatic rings. The topological polar surface area (TPSA) is 306 Å². The normalized spacial score (nSPS) is 12.6. The Hall–Kier alpha value is -4.76. The van der Waals surface area contributed by atoms with Gasteiger partial charge in [-0.25, -0.2) is 8.42 Å². The summed E-state index contributed by atoms with van der Waals surface area (Å²) in [7, 11) is -17.2. The number of hydrogen-bond acceptors (Lipinski definition) is 17. The van der Waals surface area contributed by atoms with E-state index in [1.54, 1.807) is 0 Å². The van der Waals surface area contributed by atoms with Gasteiger partial charge in [0.25, 0.3) is 30.4 Å². The molecular formula is C26H27FN8O12S4. The number of azo groups is 1. The van der Waals surface area contributed by atoms with E-state index in [0.29, 0.717) is 23.9 Å². The van der Waals surface area contributed by atoms with Crippen LogP contribution in [0, 0.1) is 6.08 Å². The number of nitrogens with zero attached hydrogens (tertiary/aromatic N) is 5. The number of hydrogen-bond donors (Lipinski definition) is 6. The lowest BCUT2D eigenvalue weighted by molar-refractivity contribution is 0.159. The van der Waals surface area contributed by atoms with E-state index in [4.69, 9.17) is 4.74 Å². The molecule has 3 aromatic carbocycles. The van der Waals surface area contributed by atoms with Gasteiger partial charge in [0.05, 0.1) is 29.5 Å². The summed E-state index contributed by atoms with van der Waals surface area (Å²) in [5.41, 5.74) is -0.0193. The fourth-order valence-electron chi connectivity index (χ4n) is 4.18. The van der Waals surface area contributed by atoms with Gasteiger partial charge in [-0.05, 0) is 47.9 Å². The van der Waals surface area contributed by atoms with Crippen molar-refractivity contribution < 1.29 is 56.5 Å². The van der Waals surface area contributed by atoms with E-state index in [0.717, 1.165) is 11.5 Å². The second kappa shape index (κ2) is 15.2. The summed E-state index contributed by atoms with van der Waals surface area (Å²) in [4.78, 5) is 8.24. The molecule has 0 radical (unpaired) electrons. The van der Waals surface area contributed by atoms with Gasteiger partial charge in [-0.3, -0.25) is 13.7 Å². The van der Waals surface area contributed by atoms with Crippen LogP contribution in [0.3, 0.4) is 0 Å². The van der Waals surface area contributed by atoms with E-state index in [-0.39, 0.29) is 48.8 Å². The molecule has 6 N–H and O–H groups in total. The predicted octanol–water partition coefficient (Wildman–Crippen LogP) is 3.09. The van der Waals surface area contributed by atoms with Crippen LogP contribution in [0.15, 0.2) is 79.4 Å². The molecule has 20 nitrogen and oxygen atoms in total. The van der Waals surface area contributed by atoms with Crippen LogP contribution in [0.25, 0.3) is 10.8 Å². The zero-order valence-electron chi connectivity index (χ0n) is 25.9. The standard InChI is InChI=1S/C26H27FN8O12S4/c1-3-48(36,37)9-8-47-7-6-29-25-31-24(27)32-26(33-25)30-16-4-5-19(20(12-16)28-2)34-35-21-14-18-15(11-23(21)51(44,45)46)10-17(49(38,39)40)13-22(18)50(41,42)43/h3-5,10-14,28H,1,6-9H2,2H3,(H,38,39,40)(H,41,42,43)(H,44,45,46)(H2,29,30,31,32,33). The van der Waals surface area contributed by atoms with Crippen molar-refractivity contribution in [1.29, 1.82) is 0 Å². The van der Waals surface area contributed by atoms with Crippen LogP contribution in [0.1, 0.15) is 0 Å². The van der Waals surface area contributed by atoms with E-state index in [1.165, 1.54) is 25.2 Å². The Morgan fingerprint density at radius 2 is 1.49 bits per heavy atom. The first-order chi connectivity index (χ1) is 23.7. The fourth-order valence-corrected chi connectivity index (χ4v) is 6.69. The molecule has 1 heterocycles. The quantitative estimate of drug-likeness (QED) is 0.0539. The molecule has 0 aliphatic rings. The Labute approximate surface area is 290 Å². The van der Waals surface area contributed by atoms with Crippen LogP contribution in [0.4, 0.5) is 39.0 Å². The second-order valence-corrected chi connectivity index (χ2v) is 16.3. The first-order valence-electron chi connectivity index (χ1n) is 13.8. The predicted molar refractivity (Wildman–Crippen MR) is 180 cm³/mol. The number of benzene rings is 3. The lowest BCUT2D eigenvalue weighted by atomic mass is 10.1. The Kier molecular flexibility index (Phi) is 11.7. The van der Waals surface area contributed by atoms with Gasteiger partial charge in [0, 0.05) is 30.1 Å². The zero-order chi connectivity index (χ0) is 37.8. The third-order valence-electron chi connectivity index (χ3n) is 6.51. The first kappa shape index (κ1) is 39.0. The van der Waals surface area contributed by atoms with Crippen molar-refractivity contribution in [2.24, 2.45) is 10.2 Å². The maximum absolute atomic E-state index is 14.1. The van der Waals surface area contributed by atoms with Crippen LogP contribution in [-0.4, -0.2) is 94.8 Å². The summed E-state index contributed by atoms with van der Waals surface area (Å²) >= 11 is 0. The molecule has 0 aliphatic carbocycles. The SMILES string of the molecule is C=CS(=O)(=O)CCOCCNc1nc(F)nc(Nc2ccc(N=Nc3cc4c(S(=O)(=O)O)cc(S(=O)(=O)O)cc4cc3S(=O)(=O)O)c(NC)c2)n1. The molecule has 4 rings (SSSR count). The fraction of sp³-hybridized carbons (Fsp3) is 0.192. The molecule has 51 heavy (non-hydrogen) atoms. The van der Waals surface area contributed by atoms with Crippen LogP contribution in [0.2, 0.25) is 0 Å². The number of nitrogens with one attached hydrogen (secondary N) is 3. The van der Waals surface area contributed by atoms with Crippen molar-refractivity contribution in [1.82, 2.24) is 15.0 Å². The van der Waals surface area contributed by atoms with Gasteiger partial charge in [0.1, 0.15) is 21.2 Å². The molecule has 0 aliphatic heterocycles. The van der Waals surface area contributed by atoms with Crippen LogP contribution in [-0.2, 0) is 44.9 Å². The van der Waals surface area contributed by atoms with E-state index in [2.05, 4.69) is 47.7 Å². The highest BCUT2D eigenvalue weighted by molar-refractivity contribution is 7.94. The first-order valence-corrected chi connectivity index (χ1v) is 19.9. The van der Waals surface area contributed by atoms with Gasteiger partial charge in [-0.15, -0.1) is 10.2 Å². The number of aromatic nitrogens is 3. The Morgan fingerprint density at radius 1 is 0.824 bits per heavy atom. The highest BCUT2D eigenvalue weighted by Gasteiger charge is 2.24. The van der Waals surface area contributed by atoms with E-state index in [9.17, 15) is 51.7 Å². The van der Waals surface area contributed by atoms with Crippen molar-refractivity contribution in [3.63, 3.8) is 0 Å². The Balaban J connectivity index is 1.60. The van der Waals surface area contributed by atoms with Crippen molar-refractivity contribution in [3.8, 4) is 0 Å². The third-order valence-corrected chi connectivity index (χ3v) is 10.4. The molecule has 0 spiro atoms. The van der Waals surface area contributed by atoms with Crippen LogP contribution >= 0.6 is 0 Å². The zero-order valence-corrected chi connectivity index (χ0v) is 29.2. The average molecular weight is 791 g/mol. The number of rotatable bonds is 16. The van der Waals surface area contributed by atoms with Crippen LogP contribution in [0.5, 0.6) is 0 Å². The average Bonchev–Trinajstić information content (AvgIpc) is 3.03. The number of halogens is 1. The second-order valence-electron chi connectivity index (χ2n) is 10.0. The van der Waals surface area contributed by atoms with E-state index in [1.807, 2.05) is 0 Å². The van der Waals surface area contributed by atoms with Crippen molar-refractivity contribution in [3.05, 3.63) is 60.5 Å². The Morgan fingerprint density at radius 3 is 2.12 bits per heavy atom.